The van der Waals surface area contributed by atoms with E-state index in [1.54, 1.807) is 30.5 Å². The van der Waals surface area contributed by atoms with Crippen molar-refractivity contribution in [2.45, 2.75) is 0 Å². The molecule has 1 N–H and O–H groups in total. The van der Waals surface area contributed by atoms with Gasteiger partial charge in [-0.15, -0.1) is 0 Å². The Morgan fingerprint density at radius 3 is 2.74 bits per heavy atom. The molecule has 3 heterocycles. The lowest BCUT2D eigenvalue weighted by Crippen LogP contribution is -2.07. The predicted octanol–water partition coefficient (Wildman–Crippen LogP) is 1.86. The first-order valence-corrected chi connectivity index (χ1v) is 6.67. The van der Waals surface area contributed by atoms with Crippen molar-refractivity contribution in [2.24, 2.45) is 0 Å². The summed E-state index contributed by atoms with van der Waals surface area (Å²) >= 11 is 0. The molecule has 0 bridgehead atoms. The topological polar surface area (TPSA) is 93.8 Å². The number of aromatic nitrogens is 7. The van der Waals surface area contributed by atoms with Crippen LogP contribution in [0.25, 0.3) is 17.2 Å². The third-order valence-corrected chi connectivity index (χ3v) is 3.08. The number of halogens is 1. The molecule has 0 atom stereocenters. The molecule has 112 valence electrons. The SMILES string of the molecule is Fc1ccccc1-c1nc(Nc2ccncn2)n2ncnc2n1. The average Bonchev–Trinajstić information content (AvgIpc) is 3.05. The quantitative estimate of drug-likeness (QED) is 0.617. The molecule has 0 unspecified atom stereocenters. The Kier molecular flexibility index (Phi) is 3.08. The molecule has 4 rings (SSSR count). The first kappa shape index (κ1) is 13.2. The number of hydrogen-bond donors (Lipinski definition) is 1. The van der Waals surface area contributed by atoms with E-state index in [2.05, 4.69) is 35.3 Å². The van der Waals surface area contributed by atoms with Crippen molar-refractivity contribution in [2.75, 3.05) is 5.32 Å². The van der Waals surface area contributed by atoms with Crippen molar-refractivity contribution in [3.05, 3.63) is 55.0 Å². The van der Waals surface area contributed by atoms with Crippen LogP contribution in [0.2, 0.25) is 0 Å². The minimum atomic E-state index is -0.413. The van der Waals surface area contributed by atoms with Crippen LogP contribution in [0.1, 0.15) is 0 Å². The van der Waals surface area contributed by atoms with Crippen molar-refractivity contribution in [1.82, 2.24) is 34.5 Å². The first-order valence-electron chi connectivity index (χ1n) is 6.67. The summed E-state index contributed by atoms with van der Waals surface area (Å²) in [5, 5.41) is 7.05. The van der Waals surface area contributed by atoms with Crippen molar-refractivity contribution in [3.8, 4) is 11.4 Å². The maximum Gasteiger partial charge on any atom is 0.257 e. The molecule has 0 aliphatic rings. The highest BCUT2D eigenvalue weighted by Gasteiger charge is 2.14. The molecule has 0 saturated carbocycles. The number of nitrogens with zero attached hydrogens (tertiary/aromatic N) is 7. The maximum absolute atomic E-state index is 14.0. The summed E-state index contributed by atoms with van der Waals surface area (Å²) in [7, 11) is 0. The second kappa shape index (κ2) is 5.37. The molecule has 8 nitrogen and oxygen atoms in total. The number of benzene rings is 1. The summed E-state index contributed by atoms with van der Waals surface area (Å²) in [4.78, 5) is 20.5. The van der Waals surface area contributed by atoms with Gasteiger partial charge >= 0.3 is 0 Å². The van der Waals surface area contributed by atoms with Gasteiger partial charge in [0.2, 0.25) is 5.95 Å². The van der Waals surface area contributed by atoms with E-state index in [9.17, 15) is 4.39 Å². The normalized spacial score (nSPS) is 10.8. The molecule has 4 aromatic rings. The highest BCUT2D eigenvalue weighted by molar-refractivity contribution is 5.61. The van der Waals surface area contributed by atoms with Crippen molar-refractivity contribution < 1.29 is 4.39 Å². The Morgan fingerprint density at radius 1 is 1.00 bits per heavy atom. The summed E-state index contributed by atoms with van der Waals surface area (Å²) in [6.07, 6.45) is 4.34. The van der Waals surface area contributed by atoms with Gasteiger partial charge in [0.1, 0.15) is 24.3 Å². The molecule has 3 aromatic heterocycles. The fourth-order valence-electron chi connectivity index (χ4n) is 2.05. The minimum Gasteiger partial charge on any atom is -0.308 e. The molecule has 1 aromatic carbocycles. The van der Waals surface area contributed by atoms with E-state index >= 15 is 0 Å². The van der Waals surface area contributed by atoms with Gasteiger partial charge in [0.05, 0.1) is 5.56 Å². The number of nitrogens with one attached hydrogen (secondary N) is 1. The van der Waals surface area contributed by atoms with Gasteiger partial charge in [-0.05, 0) is 18.2 Å². The van der Waals surface area contributed by atoms with Crippen LogP contribution in [-0.4, -0.2) is 34.5 Å². The molecule has 0 saturated heterocycles. The molecule has 9 heteroatoms. The molecular formula is C14H9FN8. The van der Waals surface area contributed by atoms with Crippen LogP contribution in [0.5, 0.6) is 0 Å². The smallest absolute Gasteiger partial charge is 0.257 e. The Bertz CT molecular complexity index is 969. The Hall–Kier alpha value is -3.49. The van der Waals surface area contributed by atoms with Crippen LogP contribution >= 0.6 is 0 Å². The lowest BCUT2D eigenvalue weighted by Gasteiger charge is -2.08. The largest absolute Gasteiger partial charge is 0.308 e. The van der Waals surface area contributed by atoms with E-state index in [0.29, 0.717) is 17.5 Å². The van der Waals surface area contributed by atoms with Gasteiger partial charge in [-0.2, -0.15) is 24.6 Å². The summed E-state index contributed by atoms with van der Waals surface area (Å²) in [5.74, 6) is 0.943. The van der Waals surface area contributed by atoms with E-state index in [1.165, 1.54) is 23.2 Å². The first-order chi connectivity index (χ1) is 11.3. The van der Waals surface area contributed by atoms with Crippen LogP contribution in [0.3, 0.4) is 0 Å². The second-order valence-electron chi connectivity index (χ2n) is 4.54. The monoisotopic (exact) mass is 308 g/mol. The summed E-state index contributed by atoms with van der Waals surface area (Å²) in [5.41, 5.74) is 0.281. The zero-order chi connectivity index (χ0) is 15.6. The highest BCUT2D eigenvalue weighted by Crippen LogP contribution is 2.21. The zero-order valence-electron chi connectivity index (χ0n) is 11.6. The molecule has 0 amide bonds. The lowest BCUT2D eigenvalue weighted by molar-refractivity contribution is 0.630. The van der Waals surface area contributed by atoms with E-state index in [4.69, 9.17) is 0 Å². The van der Waals surface area contributed by atoms with Gasteiger partial charge in [-0.3, -0.25) is 0 Å². The van der Waals surface area contributed by atoms with Crippen LogP contribution in [0, 0.1) is 5.82 Å². The minimum absolute atomic E-state index is 0.208. The summed E-state index contributed by atoms with van der Waals surface area (Å²) in [6, 6.07) is 7.95. The zero-order valence-corrected chi connectivity index (χ0v) is 11.6. The van der Waals surface area contributed by atoms with E-state index in [1.807, 2.05) is 0 Å². The molecule has 0 radical (unpaired) electrons. The molecular weight excluding hydrogens is 299 g/mol. The fraction of sp³-hybridized carbons (Fsp3) is 0. The van der Waals surface area contributed by atoms with Gasteiger partial charge in [-0.1, -0.05) is 12.1 Å². The molecule has 0 fully saturated rings. The van der Waals surface area contributed by atoms with E-state index in [-0.39, 0.29) is 11.4 Å². The number of fused-ring (bicyclic) bond motifs is 1. The average molecular weight is 308 g/mol. The molecule has 0 aliphatic heterocycles. The Morgan fingerprint density at radius 2 is 1.91 bits per heavy atom. The van der Waals surface area contributed by atoms with Crippen molar-refractivity contribution in [1.29, 1.82) is 0 Å². The third-order valence-electron chi connectivity index (χ3n) is 3.08. The molecule has 23 heavy (non-hydrogen) atoms. The van der Waals surface area contributed by atoms with Gasteiger partial charge in [-0.25, -0.2) is 14.4 Å². The highest BCUT2D eigenvalue weighted by atomic mass is 19.1. The predicted molar refractivity (Wildman–Crippen MR) is 79.3 cm³/mol. The molecule has 0 aliphatic carbocycles. The second-order valence-corrected chi connectivity index (χ2v) is 4.54. The van der Waals surface area contributed by atoms with Gasteiger partial charge < -0.3 is 5.32 Å². The summed E-state index contributed by atoms with van der Waals surface area (Å²) in [6.45, 7) is 0. The number of rotatable bonds is 3. The van der Waals surface area contributed by atoms with Crippen LogP contribution < -0.4 is 5.32 Å². The van der Waals surface area contributed by atoms with E-state index < -0.39 is 5.82 Å². The third kappa shape index (κ3) is 2.44. The van der Waals surface area contributed by atoms with Crippen molar-refractivity contribution in [3.63, 3.8) is 0 Å². The van der Waals surface area contributed by atoms with Crippen LogP contribution in [0.4, 0.5) is 16.2 Å². The number of anilines is 2. The Balaban J connectivity index is 1.87. The van der Waals surface area contributed by atoms with Gasteiger partial charge in [0, 0.05) is 6.20 Å². The standard InChI is InChI=1S/C14H9FN8/c15-10-4-2-1-3-9(10)12-21-13-18-8-19-23(13)14(22-12)20-11-5-6-16-7-17-11/h1-8H,(H,16,17,18,19,20,21,22). The fourth-order valence-corrected chi connectivity index (χ4v) is 2.05. The molecule has 0 spiro atoms. The number of hydrogen-bond acceptors (Lipinski definition) is 7. The van der Waals surface area contributed by atoms with Crippen LogP contribution in [0.15, 0.2) is 49.2 Å². The van der Waals surface area contributed by atoms with Gasteiger partial charge in [0.15, 0.2) is 5.82 Å². The van der Waals surface area contributed by atoms with Crippen molar-refractivity contribution >= 4 is 17.5 Å². The Labute approximate surface area is 129 Å². The van der Waals surface area contributed by atoms with E-state index in [0.717, 1.165) is 0 Å². The van der Waals surface area contributed by atoms with Crippen LogP contribution in [-0.2, 0) is 0 Å². The maximum atomic E-state index is 14.0. The lowest BCUT2D eigenvalue weighted by atomic mass is 10.2. The summed E-state index contributed by atoms with van der Waals surface area (Å²) < 4.78 is 15.4. The van der Waals surface area contributed by atoms with Gasteiger partial charge in [0.25, 0.3) is 5.78 Å².